The average molecular weight is 165 g/mol. The summed E-state index contributed by atoms with van der Waals surface area (Å²) in [5.74, 6) is 0.752. The lowest BCUT2D eigenvalue weighted by Gasteiger charge is -2.27. The third kappa shape index (κ3) is 0.947. The highest BCUT2D eigenvalue weighted by atomic mass is 15.4. The van der Waals surface area contributed by atoms with Crippen molar-refractivity contribution in [3.8, 4) is 0 Å². The molecule has 1 aromatic heterocycles. The monoisotopic (exact) mass is 165 g/mol. The van der Waals surface area contributed by atoms with Crippen LogP contribution in [0.4, 0.5) is 11.5 Å². The van der Waals surface area contributed by atoms with Crippen LogP contribution in [0.3, 0.4) is 0 Å². The molecule has 1 aliphatic heterocycles. The molecule has 1 atom stereocenters. The fraction of sp³-hybridized carbons (Fsp3) is 0.286. The summed E-state index contributed by atoms with van der Waals surface area (Å²) in [5, 5.41) is 7.06. The van der Waals surface area contributed by atoms with Crippen LogP contribution in [0.15, 0.2) is 12.3 Å². The van der Waals surface area contributed by atoms with E-state index in [9.17, 15) is 0 Å². The van der Waals surface area contributed by atoms with Gasteiger partial charge in [0.15, 0.2) is 5.82 Å². The lowest BCUT2D eigenvalue weighted by molar-refractivity contribution is 0.649. The van der Waals surface area contributed by atoms with Crippen LogP contribution in [-0.2, 0) is 0 Å². The van der Waals surface area contributed by atoms with Crippen molar-refractivity contribution in [1.82, 2.24) is 9.78 Å². The topological polar surface area (TPSA) is 81.9 Å². The van der Waals surface area contributed by atoms with E-state index in [2.05, 4.69) is 10.4 Å². The van der Waals surface area contributed by atoms with Crippen molar-refractivity contribution < 1.29 is 0 Å². The maximum Gasteiger partial charge on any atom is 0.154 e. The van der Waals surface area contributed by atoms with Gasteiger partial charge in [-0.15, -0.1) is 0 Å². The normalized spacial score (nSPS) is 26.5. The van der Waals surface area contributed by atoms with Gasteiger partial charge in [0.1, 0.15) is 5.66 Å². The van der Waals surface area contributed by atoms with Gasteiger partial charge >= 0.3 is 0 Å². The lowest BCUT2D eigenvalue weighted by atomic mass is 10.2. The van der Waals surface area contributed by atoms with E-state index in [0.717, 1.165) is 5.82 Å². The van der Waals surface area contributed by atoms with Gasteiger partial charge in [-0.25, -0.2) is 4.68 Å². The molecule has 0 fully saturated rings. The molecule has 0 aliphatic carbocycles. The first-order valence-electron chi connectivity index (χ1n) is 3.68. The number of nitrogen functional groups attached to an aromatic ring is 1. The SMILES string of the molecule is CC1(N)C=Cn2ncc(N)c2N1. The number of nitrogens with zero attached hydrogens (tertiary/aromatic N) is 2. The van der Waals surface area contributed by atoms with E-state index in [1.807, 2.05) is 13.0 Å². The van der Waals surface area contributed by atoms with Gasteiger partial charge in [-0.3, -0.25) is 0 Å². The molecule has 2 heterocycles. The molecule has 0 saturated carbocycles. The molecule has 64 valence electrons. The minimum absolute atomic E-state index is 0.538. The Hall–Kier alpha value is -1.49. The molecule has 1 unspecified atom stereocenters. The molecule has 0 aromatic carbocycles. The average Bonchev–Trinajstić information content (AvgIpc) is 2.31. The second-order valence-corrected chi connectivity index (χ2v) is 3.12. The van der Waals surface area contributed by atoms with E-state index in [0.29, 0.717) is 5.69 Å². The molecule has 0 radical (unpaired) electrons. The molecule has 0 saturated heterocycles. The van der Waals surface area contributed by atoms with Crippen LogP contribution < -0.4 is 16.8 Å². The number of rotatable bonds is 0. The van der Waals surface area contributed by atoms with Crippen LogP contribution in [0.1, 0.15) is 6.92 Å². The molecule has 5 heteroatoms. The Morgan fingerprint density at radius 2 is 2.42 bits per heavy atom. The van der Waals surface area contributed by atoms with Crippen molar-refractivity contribution in [3.63, 3.8) is 0 Å². The summed E-state index contributed by atoms with van der Waals surface area (Å²) in [6, 6.07) is 0. The van der Waals surface area contributed by atoms with E-state index in [1.54, 1.807) is 17.1 Å². The summed E-state index contributed by atoms with van der Waals surface area (Å²) in [5.41, 5.74) is 11.5. The van der Waals surface area contributed by atoms with Crippen LogP contribution in [-0.4, -0.2) is 15.4 Å². The molecule has 0 bridgehead atoms. The summed E-state index contributed by atoms with van der Waals surface area (Å²) in [6.45, 7) is 1.86. The second kappa shape index (κ2) is 2.01. The van der Waals surface area contributed by atoms with E-state index >= 15 is 0 Å². The van der Waals surface area contributed by atoms with E-state index in [1.165, 1.54) is 0 Å². The van der Waals surface area contributed by atoms with Crippen molar-refractivity contribution in [2.75, 3.05) is 11.1 Å². The Morgan fingerprint density at radius 3 is 3.17 bits per heavy atom. The molecule has 0 spiro atoms. The standard InChI is InChI=1S/C7H11N5/c1-7(9)2-3-12-6(11-7)5(8)4-10-12/h2-4,11H,8-9H2,1H3. The molecule has 5 N–H and O–H groups in total. The van der Waals surface area contributed by atoms with Crippen LogP contribution >= 0.6 is 0 Å². The molecule has 5 nitrogen and oxygen atoms in total. The van der Waals surface area contributed by atoms with Crippen LogP contribution in [0.2, 0.25) is 0 Å². The van der Waals surface area contributed by atoms with E-state index < -0.39 is 5.66 Å². The number of nitrogens with one attached hydrogen (secondary N) is 1. The lowest BCUT2D eigenvalue weighted by Crippen LogP contribution is -2.44. The van der Waals surface area contributed by atoms with Gasteiger partial charge in [-0.05, 0) is 13.0 Å². The van der Waals surface area contributed by atoms with Gasteiger partial charge < -0.3 is 16.8 Å². The fourth-order valence-corrected chi connectivity index (χ4v) is 1.14. The Bertz CT molecular complexity index is 336. The highest BCUT2D eigenvalue weighted by Crippen LogP contribution is 2.24. The first-order valence-corrected chi connectivity index (χ1v) is 3.68. The van der Waals surface area contributed by atoms with Gasteiger partial charge in [0, 0.05) is 6.20 Å². The molecular weight excluding hydrogens is 154 g/mol. The summed E-state index contributed by atoms with van der Waals surface area (Å²) < 4.78 is 1.66. The minimum Gasteiger partial charge on any atom is -0.394 e. The molecule has 1 aromatic rings. The van der Waals surface area contributed by atoms with Crippen molar-refractivity contribution in [3.05, 3.63) is 12.3 Å². The number of nitrogens with two attached hydrogens (primary N) is 2. The quantitative estimate of drug-likeness (QED) is 0.506. The molecule has 1 aliphatic rings. The fourth-order valence-electron chi connectivity index (χ4n) is 1.14. The summed E-state index contributed by atoms with van der Waals surface area (Å²) in [4.78, 5) is 0. The van der Waals surface area contributed by atoms with Gasteiger partial charge in [-0.1, -0.05) is 0 Å². The number of hydrogen-bond donors (Lipinski definition) is 3. The Morgan fingerprint density at radius 1 is 1.67 bits per heavy atom. The van der Waals surface area contributed by atoms with Crippen LogP contribution in [0.25, 0.3) is 6.20 Å². The van der Waals surface area contributed by atoms with Crippen molar-refractivity contribution in [1.29, 1.82) is 0 Å². The second-order valence-electron chi connectivity index (χ2n) is 3.12. The Balaban J connectivity index is 2.49. The summed E-state index contributed by atoms with van der Waals surface area (Å²) in [7, 11) is 0. The number of hydrogen-bond acceptors (Lipinski definition) is 4. The predicted octanol–water partition coefficient (Wildman–Crippen LogP) is 0.0364. The molecule has 0 amide bonds. The maximum absolute atomic E-state index is 5.83. The summed E-state index contributed by atoms with van der Waals surface area (Å²) in [6.07, 6.45) is 5.21. The van der Waals surface area contributed by atoms with Gasteiger partial charge in [-0.2, -0.15) is 5.10 Å². The van der Waals surface area contributed by atoms with Gasteiger partial charge in [0.25, 0.3) is 0 Å². The Kier molecular flexibility index (Phi) is 1.20. The largest absolute Gasteiger partial charge is 0.394 e. The Labute approximate surface area is 70.0 Å². The molecule has 2 rings (SSSR count). The first kappa shape index (κ1) is 7.17. The van der Waals surface area contributed by atoms with Gasteiger partial charge in [0.05, 0.1) is 11.9 Å². The maximum atomic E-state index is 5.83. The highest BCUT2D eigenvalue weighted by molar-refractivity contribution is 5.67. The zero-order valence-corrected chi connectivity index (χ0v) is 6.78. The van der Waals surface area contributed by atoms with E-state index in [-0.39, 0.29) is 0 Å². The summed E-state index contributed by atoms with van der Waals surface area (Å²) >= 11 is 0. The minimum atomic E-state index is -0.538. The third-order valence-corrected chi connectivity index (χ3v) is 1.77. The van der Waals surface area contributed by atoms with Gasteiger partial charge in [0.2, 0.25) is 0 Å². The predicted molar refractivity (Wildman–Crippen MR) is 48.2 cm³/mol. The van der Waals surface area contributed by atoms with Crippen LogP contribution in [0, 0.1) is 0 Å². The third-order valence-electron chi connectivity index (χ3n) is 1.77. The zero-order valence-electron chi connectivity index (χ0n) is 6.78. The molecular formula is C7H11N5. The smallest absolute Gasteiger partial charge is 0.154 e. The highest BCUT2D eigenvalue weighted by Gasteiger charge is 2.21. The van der Waals surface area contributed by atoms with Crippen molar-refractivity contribution in [2.24, 2.45) is 5.73 Å². The first-order chi connectivity index (χ1) is 5.58. The number of fused-ring (bicyclic) bond motifs is 1. The number of aromatic nitrogens is 2. The van der Waals surface area contributed by atoms with Crippen LogP contribution in [0.5, 0.6) is 0 Å². The zero-order chi connectivity index (χ0) is 8.77. The van der Waals surface area contributed by atoms with E-state index in [4.69, 9.17) is 11.5 Å². The molecule has 12 heavy (non-hydrogen) atoms. The van der Waals surface area contributed by atoms with Crippen molar-refractivity contribution >= 4 is 17.7 Å². The number of anilines is 2. The van der Waals surface area contributed by atoms with Crippen molar-refractivity contribution in [2.45, 2.75) is 12.6 Å².